The van der Waals surface area contributed by atoms with Crippen molar-refractivity contribution in [3.63, 3.8) is 0 Å². The van der Waals surface area contributed by atoms with E-state index in [1.807, 2.05) is 19.1 Å². The second-order valence-corrected chi connectivity index (χ2v) is 5.45. The molecule has 0 atom stereocenters. The van der Waals surface area contributed by atoms with Crippen LogP contribution in [0.15, 0.2) is 36.4 Å². The maximum atomic E-state index is 12.3. The molecule has 2 aromatic carbocycles. The number of ether oxygens (including phenoxy) is 1. The Morgan fingerprint density at radius 2 is 1.85 bits per heavy atom. The molecule has 2 aromatic rings. The molecule has 4 heteroatoms. The molecule has 0 N–H and O–H groups in total. The summed E-state index contributed by atoms with van der Waals surface area (Å²) in [5, 5.41) is 1.14. The van der Waals surface area contributed by atoms with Crippen LogP contribution in [0.1, 0.15) is 21.5 Å². The second-order valence-electron chi connectivity index (χ2n) is 4.57. The van der Waals surface area contributed by atoms with Crippen molar-refractivity contribution in [1.82, 2.24) is 0 Å². The first kappa shape index (κ1) is 14.9. The normalized spacial score (nSPS) is 10.4. The van der Waals surface area contributed by atoms with Gasteiger partial charge in [-0.2, -0.15) is 0 Å². The number of ketones is 1. The molecule has 0 bridgehead atoms. The van der Waals surface area contributed by atoms with E-state index in [2.05, 4.69) is 0 Å². The van der Waals surface area contributed by atoms with Crippen LogP contribution in [-0.4, -0.2) is 12.9 Å². The Bertz CT molecular complexity index is 631. The Kier molecular flexibility index (Phi) is 4.69. The lowest BCUT2D eigenvalue weighted by Gasteiger charge is -2.09. The van der Waals surface area contributed by atoms with E-state index in [1.54, 1.807) is 31.4 Å². The average Bonchev–Trinajstić information content (AvgIpc) is 2.37. The Hall–Kier alpha value is -1.51. The van der Waals surface area contributed by atoms with E-state index in [0.29, 0.717) is 21.4 Å². The number of Topliss-reactive ketones (excluding diaryl/α,β-unsaturated/α-hetero) is 1. The summed E-state index contributed by atoms with van der Waals surface area (Å²) in [5.74, 6) is 0.637. The highest BCUT2D eigenvalue weighted by molar-refractivity contribution is 6.31. The van der Waals surface area contributed by atoms with Crippen molar-refractivity contribution in [3.8, 4) is 5.75 Å². The predicted molar refractivity (Wildman–Crippen MR) is 82.2 cm³/mol. The first-order valence-corrected chi connectivity index (χ1v) is 6.88. The highest BCUT2D eigenvalue weighted by atomic mass is 35.5. The van der Waals surface area contributed by atoms with Crippen LogP contribution in [0.4, 0.5) is 0 Å². The number of carbonyl (C=O) groups is 1. The van der Waals surface area contributed by atoms with Gasteiger partial charge in [0.15, 0.2) is 5.78 Å². The van der Waals surface area contributed by atoms with Crippen molar-refractivity contribution in [2.45, 2.75) is 13.3 Å². The van der Waals surface area contributed by atoms with Crippen molar-refractivity contribution in [2.75, 3.05) is 7.11 Å². The molecule has 0 saturated heterocycles. The smallest absolute Gasteiger partial charge is 0.167 e. The van der Waals surface area contributed by atoms with E-state index in [0.717, 1.165) is 11.1 Å². The van der Waals surface area contributed by atoms with Gasteiger partial charge in [-0.1, -0.05) is 23.2 Å². The SMILES string of the molecule is COc1ccc(Cl)cc1CC(=O)c1cc(C)cc(Cl)c1. The van der Waals surface area contributed by atoms with Crippen molar-refractivity contribution < 1.29 is 9.53 Å². The van der Waals surface area contributed by atoms with Gasteiger partial charge >= 0.3 is 0 Å². The lowest BCUT2D eigenvalue weighted by atomic mass is 10.0. The lowest BCUT2D eigenvalue weighted by Crippen LogP contribution is -2.05. The van der Waals surface area contributed by atoms with Crippen LogP contribution in [0.25, 0.3) is 0 Å². The molecule has 0 unspecified atom stereocenters. The van der Waals surface area contributed by atoms with E-state index in [1.165, 1.54) is 0 Å². The Morgan fingerprint density at radius 1 is 1.10 bits per heavy atom. The molecule has 0 spiro atoms. The fraction of sp³-hybridized carbons (Fsp3) is 0.188. The minimum Gasteiger partial charge on any atom is -0.496 e. The average molecular weight is 309 g/mol. The molecule has 104 valence electrons. The minimum absolute atomic E-state index is 0.0174. The molecule has 0 radical (unpaired) electrons. The zero-order chi connectivity index (χ0) is 14.7. The quantitative estimate of drug-likeness (QED) is 0.763. The molecule has 0 aliphatic carbocycles. The third-order valence-corrected chi connectivity index (χ3v) is 3.41. The van der Waals surface area contributed by atoms with Gasteiger partial charge in [0.1, 0.15) is 5.75 Å². The second kappa shape index (κ2) is 6.29. The van der Waals surface area contributed by atoms with Crippen molar-refractivity contribution >= 4 is 29.0 Å². The molecule has 0 aromatic heterocycles. The topological polar surface area (TPSA) is 26.3 Å². The molecule has 0 heterocycles. The predicted octanol–water partition coefficient (Wildman–Crippen LogP) is 4.74. The number of hydrogen-bond donors (Lipinski definition) is 0. The van der Waals surface area contributed by atoms with E-state index in [9.17, 15) is 4.79 Å². The fourth-order valence-corrected chi connectivity index (χ4v) is 2.54. The molecule has 2 nitrogen and oxygen atoms in total. The number of rotatable bonds is 4. The molecular formula is C16H14Cl2O2. The number of methoxy groups -OCH3 is 1. The maximum absolute atomic E-state index is 12.3. The summed E-state index contributed by atoms with van der Waals surface area (Å²) in [6.07, 6.45) is 0.226. The number of carbonyl (C=O) groups excluding carboxylic acids is 1. The van der Waals surface area contributed by atoms with Crippen LogP contribution in [-0.2, 0) is 6.42 Å². The fourth-order valence-electron chi connectivity index (χ4n) is 2.06. The minimum atomic E-state index is -0.0174. The first-order valence-electron chi connectivity index (χ1n) is 6.12. The Labute approximate surface area is 128 Å². The van der Waals surface area contributed by atoms with E-state index in [4.69, 9.17) is 27.9 Å². The summed E-state index contributed by atoms with van der Waals surface area (Å²) in [5.41, 5.74) is 2.32. The van der Waals surface area contributed by atoms with Crippen LogP contribution in [0.5, 0.6) is 5.75 Å². The summed E-state index contributed by atoms with van der Waals surface area (Å²) in [6, 6.07) is 10.6. The van der Waals surface area contributed by atoms with Crippen LogP contribution in [0.2, 0.25) is 10.0 Å². The number of halogens is 2. The molecule has 0 amide bonds. The molecule has 2 rings (SSSR count). The summed E-state index contributed by atoms with van der Waals surface area (Å²) in [7, 11) is 1.57. The molecule has 0 fully saturated rings. The largest absolute Gasteiger partial charge is 0.496 e. The Balaban J connectivity index is 2.29. The van der Waals surface area contributed by atoms with Crippen LogP contribution >= 0.6 is 23.2 Å². The highest BCUT2D eigenvalue weighted by Gasteiger charge is 2.12. The molecule has 0 aliphatic heterocycles. The number of aryl methyl sites for hydroxylation is 1. The third kappa shape index (κ3) is 3.53. The van der Waals surface area contributed by atoms with Gasteiger partial charge < -0.3 is 4.74 Å². The monoisotopic (exact) mass is 308 g/mol. The van der Waals surface area contributed by atoms with Gasteiger partial charge in [-0.15, -0.1) is 0 Å². The molecule has 0 aliphatic rings. The third-order valence-electron chi connectivity index (χ3n) is 2.96. The summed E-state index contributed by atoms with van der Waals surface area (Å²) in [4.78, 5) is 12.3. The van der Waals surface area contributed by atoms with Gasteiger partial charge in [0, 0.05) is 27.6 Å². The highest BCUT2D eigenvalue weighted by Crippen LogP contribution is 2.25. The zero-order valence-electron chi connectivity index (χ0n) is 11.2. The van der Waals surface area contributed by atoms with Crippen LogP contribution in [0.3, 0.4) is 0 Å². The van der Waals surface area contributed by atoms with E-state index < -0.39 is 0 Å². The molecule has 20 heavy (non-hydrogen) atoms. The number of hydrogen-bond acceptors (Lipinski definition) is 2. The van der Waals surface area contributed by atoms with Crippen LogP contribution < -0.4 is 4.74 Å². The van der Waals surface area contributed by atoms with Gasteiger partial charge in [0.05, 0.1) is 7.11 Å². The van der Waals surface area contributed by atoms with Gasteiger partial charge in [0.2, 0.25) is 0 Å². The lowest BCUT2D eigenvalue weighted by molar-refractivity contribution is 0.0992. The van der Waals surface area contributed by atoms with Gasteiger partial charge in [-0.05, 0) is 48.9 Å². The van der Waals surface area contributed by atoms with Crippen molar-refractivity contribution in [2.24, 2.45) is 0 Å². The van der Waals surface area contributed by atoms with Crippen LogP contribution in [0, 0.1) is 6.92 Å². The summed E-state index contributed by atoms with van der Waals surface area (Å²) in [6.45, 7) is 1.91. The van der Waals surface area contributed by atoms with Gasteiger partial charge in [-0.3, -0.25) is 4.79 Å². The van der Waals surface area contributed by atoms with Gasteiger partial charge in [0.25, 0.3) is 0 Å². The molecule has 0 saturated carbocycles. The van der Waals surface area contributed by atoms with Crippen molar-refractivity contribution in [1.29, 1.82) is 0 Å². The standard InChI is InChI=1S/C16H14Cl2O2/c1-10-5-11(7-14(18)6-10)15(19)9-12-8-13(17)3-4-16(12)20-2/h3-8H,9H2,1-2H3. The zero-order valence-corrected chi connectivity index (χ0v) is 12.8. The van der Waals surface area contributed by atoms with E-state index >= 15 is 0 Å². The first-order chi connectivity index (χ1) is 9.49. The molecular weight excluding hydrogens is 295 g/mol. The summed E-state index contributed by atoms with van der Waals surface area (Å²) >= 11 is 11.9. The maximum Gasteiger partial charge on any atom is 0.167 e. The van der Waals surface area contributed by atoms with Gasteiger partial charge in [-0.25, -0.2) is 0 Å². The Morgan fingerprint density at radius 3 is 2.50 bits per heavy atom. The van der Waals surface area contributed by atoms with Crippen molar-refractivity contribution in [3.05, 3.63) is 63.1 Å². The summed E-state index contributed by atoms with van der Waals surface area (Å²) < 4.78 is 5.25. The number of benzene rings is 2. The van der Waals surface area contributed by atoms with E-state index in [-0.39, 0.29) is 12.2 Å².